The summed E-state index contributed by atoms with van der Waals surface area (Å²) in [4.78, 5) is 14.5. The van der Waals surface area contributed by atoms with E-state index in [0.717, 1.165) is 23.7 Å². The van der Waals surface area contributed by atoms with Gasteiger partial charge in [-0.05, 0) is 38.4 Å². The number of carbonyl (C=O) groups is 1. The highest BCUT2D eigenvalue weighted by Crippen LogP contribution is 2.32. The zero-order valence-electron chi connectivity index (χ0n) is 9.73. The zero-order valence-corrected chi connectivity index (χ0v) is 11.3. The number of halogens is 1. The molecule has 1 aromatic heterocycles. The molecular weight excluding hydrogens is 258 g/mol. The fourth-order valence-corrected chi connectivity index (χ4v) is 3.44. The first-order valence-corrected chi connectivity index (χ1v) is 6.99. The normalized spacial score (nSPS) is 23.5. The molecule has 0 radical (unpaired) electrons. The van der Waals surface area contributed by atoms with Crippen molar-refractivity contribution in [1.82, 2.24) is 4.90 Å². The summed E-state index contributed by atoms with van der Waals surface area (Å²) in [6.45, 7) is 3.73. The lowest BCUT2D eigenvalue weighted by atomic mass is 9.97. The summed E-state index contributed by atoms with van der Waals surface area (Å²) >= 11 is 7.50. The van der Waals surface area contributed by atoms with Crippen LogP contribution in [0.15, 0.2) is 12.1 Å². The average Bonchev–Trinajstić information content (AvgIpc) is 2.75. The molecule has 0 amide bonds. The minimum Gasteiger partial charge on any atom is -0.481 e. The second-order valence-corrected chi connectivity index (χ2v) is 6.24. The van der Waals surface area contributed by atoms with Crippen molar-refractivity contribution in [2.24, 2.45) is 5.92 Å². The van der Waals surface area contributed by atoms with Gasteiger partial charge in [-0.15, -0.1) is 11.3 Å². The van der Waals surface area contributed by atoms with Crippen molar-refractivity contribution >= 4 is 28.9 Å². The predicted molar refractivity (Wildman–Crippen MR) is 69.7 cm³/mol. The number of piperidine rings is 1. The van der Waals surface area contributed by atoms with Crippen LogP contribution >= 0.6 is 22.9 Å². The van der Waals surface area contributed by atoms with Crippen molar-refractivity contribution in [2.75, 3.05) is 13.1 Å². The Morgan fingerprint density at radius 2 is 2.41 bits per heavy atom. The van der Waals surface area contributed by atoms with Crippen LogP contribution < -0.4 is 0 Å². The van der Waals surface area contributed by atoms with E-state index in [-0.39, 0.29) is 12.0 Å². The lowest BCUT2D eigenvalue weighted by molar-refractivity contribution is -0.143. The van der Waals surface area contributed by atoms with Crippen molar-refractivity contribution in [1.29, 1.82) is 0 Å². The van der Waals surface area contributed by atoms with E-state index >= 15 is 0 Å². The molecule has 0 spiro atoms. The van der Waals surface area contributed by atoms with E-state index in [1.54, 1.807) is 11.3 Å². The number of likely N-dealkylation sites (tertiary alicyclic amines) is 1. The maximum atomic E-state index is 11.0. The molecule has 1 aromatic rings. The van der Waals surface area contributed by atoms with Gasteiger partial charge < -0.3 is 5.11 Å². The van der Waals surface area contributed by atoms with Crippen LogP contribution in [-0.4, -0.2) is 29.1 Å². The van der Waals surface area contributed by atoms with E-state index < -0.39 is 5.97 Å². The van der Waals surface area contributed by atoms with Crippen molar-refractivity contribution in [2.45, 2.75) is 25.8 Å². The molecule has 2 rings (SSSR count). The van der Waals surface area contributed by atoms with Crippen molar-refractivity contribution < 1.29 is 9.90 Å². The van der Waals surface area contributed by atoms with Crippen LogP contribution in [0.2, 0.25) is 4.34 Å². The number of rotatable bonds is 3. The first kappa shape index (κ1) is 12.9. The monoisotopic (exact) mass is 273 g/mol. The largest absolute Gasteiger partial charge is 0.481 e. The van der Waals surface area contributed by atoms with Crippen molar-refractivity contribution in [3.8, 4) is 0 Å². The lowest BCUT2D eigenvalue weighted by Gasteiger charge is -2.34. The van der Waals surface area contributed by atoms with Crippen LogP contribution in [0.1, 0.15) is 30.7 Å². The summed E-state index contributed by atoms with van der Waals surface area (Å²) in [6.07, 6.45) is 1.75. The van der Waals surface area contributed by atoms with Gasteiger partial charge in [-0.1, -0.05) is 11.6 Å². The highest BCUT2D eigenvalue weighted by molar-refractivity contribution is 7.16. The predicted octanol–water partition coefficient (Wildman–Crippen LogP) is 3.26. The summed E-state index contributed by atoms with van der Waals surface area (Å²) < 4.78 is 0.790. The third kappa shape index (κ3) is 3.00. The Balaban J connectivity index is 2.04. The van der Waals surface area contributed by atoms with Crippen molar-refractivity contribution in [3.63, 3.8) is 0 Å². The van der Waals surface area contributed by atoms with E-state index in [1.807, 2.05) is 12.1 Å². The molecule has 1 saturated heterocycles. The summed E-state index contributed by atoms with van der Waals surface area (Å²) in [5.74, 6) is -0.896. The van der Waals surface area contributed by atoms with E-state index in [0.29, 0.717) is 6.54 Å². The van der Waals surface area contributed by atoms with Gasteiger partial charge in [-0.2, -0.15) is 0 Å². The summed E-state index contributed by atoms with van der Waals surface area (Å²) in [7, 11) is 0. The molecule has 2 heterocycles. The molecule has 94 valence electrons. The standard InChI is InChI=1S/C12H16ClNO2S/c1-8(10-4-5-11(13)17-10)14-6-2-3-9(7-14)12(15)16/h4-5,8-9H,2-3,6-7H2,1H3,(H,15,16). The molecule has 1 N–H and O–H groups in total. The Morgan fingerprint density at radius 3 is 3.00 bits per heavy atom. The van der Waals surface area contributed by atoms with Crippen LogP contribution in [0.25, 0.3) is 0 Å². The summed E-state index contributed by atoms with van der Waals surface area (Å²) in [5.41, 5.74) is 0. The molecular formula is C12H16ClNO2S. The second kappa shape index (κ2) is 5.38. The molecule has 5 heteroatoms. The molecule has 0 saturated carbocycles. The smallest absolute Gasteiger partial charge is 0.307 e. The Labute approximate surface area is 110 Å². The Kier molecular flexibility index (Phi) is 4.07. The first-order valence-electron chi connectivity index (χ1n) is 5.80. The minimum absolute atomic E-state index is 0.221. The van der Waals surface area contributed by atoms with Gasteiger partial charge in [0.25, 0.3) is 0 Å². The van der Waals surface area contributed by atoms with Gasteiger partial charge in [0.1, 0.15) is 0 Å². The van der Waals surface area contributed by atoms with Gasteiger partial charge in [0.15, 0.2) is 0 Å². The van der Waals surface area contributed by atoms with Crippen LogP contribution in [0.4, 0.5) is 0 Å². The summed E-state index contributed by atoms with van der Waals surface area (Å²) in [5, 5.41) is 9.07. The minimum atomic E-state index is -0.675. The molecule has 0 aliphatic carbocycles. The topological polar surface area (TPSA) is 40.5 Å². The zero-order chi connectivity index (χ0) is 12.4. The maximum Gasteiger partial charge on any atom is 0.307 e. The lowest BCUT2D eigenvalue weighted by Crippen LogP contribution is -2.39. The van der Waals surface area contributed by atoms with E-state index in [2.05, 4.69) is 11.8 Å². The molecule has 1 aliphatic heterocycles. The van der Waals surface area contributed by atoms with Gasteiger partial charge in [-0.25, -0.2) is 0 Å². The van der Waals surface area contributed by atoms with Gasteiger partial charge in [-0.3, -0.25) is 9.69 Å². The Morgan fingerprint density at radius 1 is 1.65 bits per heavy atom. The van der Waals surface area contributed by atoms with Crippen LogP contribution in [0, 0.1) is 5.92 Å². The number of thiophene rings is 1. The fraction of sp³-hybridized carbons (Fsp3) is 0.583. The van der Waals surface area contributed by atoms with Gasteiger partial charge in [0, 0.05) is 17.5 Å². The summed E-state index contributed by atoms with van der Waals surface area (Å²) in [6, 6.07) is 4.19. The SMILES string of the molecule is CC(c1ccc(Cl)s1)N1CCCC(C(=O)O)C1. The van der Waals surface area contributed by atoms with Crippen LogP contribution in [0.3, 0.4) is 0 Å². The Bertz CT molecular complexity index is 407. The van der Waals surface area contributed by atoms with E-state index in [9.17, 15) is 4.79 Å². The molecule has 2 unspecified atom stereocenters. The van der Waals surface area contributed by atoms with Crippen LogP contribution in [-0.2, 0) is 4.79 Å². The highest BCUT2D eigenvalue weighted by atomic mass is 35.5. The first-order chi connectivity index (χ1) is 8.08. The van der Waals surface area contributed by atoms with Gasteiger partial charge in [0.2, 0.25) is 0 Å². The molecule has 1 fully saturated rings. The molecule has 17 heavy (non-hydrogen) atoms. The molecule has 2 atom stereocenters. The number of carboxylic acids is 1. The van der Waals surface area contributed by atoms with Gasteiger partial charge in [0.05, 0.1) is 10.3 Å². The number of carboxylic acid groups (broad SMARTS) is 1. The number of hydrogen-bond donors (Lipinski definition) is 1. The third-order valence-electron chi connectivity index (χ3n) is 3.36. The molecule has 0 bridgehead atoms. The Hall–Kier alpha value is -0.580. The number of aliphatic carboxylic acids is 1. The third-order valence-corrected chi connectivity index (χ3v) is 4.76. The second-order valence-electron chi connectivity index (χ2n) is 4.49. The number of hydrogen-bond acceptors (Lipinski definition) is 3. The molecule has 3 nitrogen and oxygen atoms in total. The van der Waals surface area contributed by atoms with E-state index in [1.165, 1.54) is 4.88 Å². The maximum absolute atomic E-state index is 11.0. The highest BCUT2D eigenvalue weighted by Gasteiger charge is 2.28. The quantitative estimate of drug-likeness (QED) is 0.919. The van der Waals surface area contributed by atoms with E-state index in [4.69, 9.17) is 16.7 Å². The van der Waals surface area contributed by atoms with Gasteiger partial charge >= 0.3 is 5.97 Å². The fourth-order valence-electron chi connectivity index (χ4n) is 2.29. The molecule has 0 aromatic carbocycles. The van der Waals surface area contributed by atoms with Crippen molar-refractivity contribution in [3.05, 3.63) is 21.3 Å². The number of nitrogens with zero attached hydrogens (tertiary/aromatic N) is 1. The average molecular weight is 274 g/mol. The van der Waals surface area contributed by atoms with Crippen LogP contribution in [0.5, 0.6) is 0 Å². The molecule has 1 aliphatic rings.